The molecule has 0 bridgehead atoms. The van der Waals surface area contributed by atoms with E-state index in [-0.39, 0.29) is 42.9 Å². The summed E-state index contributed by atoms with van der Waals surface area (Å²) in [4.78, 5) is 53.1. The minimum absolute atomic E-state index is 0.0268. The van der Waals surface area contributed by atoms with Crippen LogP contribution >= 0.6 is 0 Å². The Morgan fingerprint density at radius 1 is 0.859 bits per heavy atom. The van der Waals surface area contributed by atoms with E-state index in [1.807, 2.05) is 67.1 Å². The van der Waals surface area contributed by atoms with Gasteiger partial charge in [0.25, 0.3) is 11.8 Å². The Hall–Kier alpha value is -6.09. The van der Waals surface area contributed by atoms with E-state index < -0.39 is 17.6 Å². The first-order valence-electron chi connectivity index (χ1n) is 22.5. The van der Waals surface area contributed by atoms with Gasteiger partial charge in [0, 0.05) is 81.5 Å². The van der Waals surface area contributed by atoms with Crippen LogP contribution in [0.25, 0.3) is 0 Å². The highest BCUT2D eigenvalue weighted by molar-refractivity contribution is 6.11. The fraction of sp³-hybridized carbons (Fsp3) is 0.420. The third kappa shape index (κ3) is 8.03. The standard InChI is InChI=1S/C50H56N6O8/c1-50(2,3)64-49(60)35-16-18-54-43(27-44(55(54)29-35)48(59)56(36-9-12-39(57)13-10-36)37-11-14-42-33(24-37)15-17-51(42)4)40-25-45-46(63-31-62-45)26-41(40)47(58)53-28-34-8-6-5-7-32(34)23-38(53)30-52-19-21-61-22-20-52/h5-14,24-27,35,38,43,57H,15-23,28-31H2,1-4H3/t35?,38-,43?/m0/s1. The van der Waals surface area contributed by atoms with Crippen molar-refractivity contribution in [2.75, 3.05) is 76.1 Å². The number of nitrogens with zero attached hydrogens (tertiary/aromatic N) is 6. The van der Waals surface area contributed by atoms with Gasteiger partial charge in [0.1, 0.15) is 17.0 Å². The molecule has 0 radical (unpaired) electrons. The molecule has 0 aromatic heterocycles. The Bertz CT molecular complexity index is 2500. The Balaban J connectivity index is 1.07. The molecule has 14 nitrogen and oxygen atoms in total. The quantitative estimate of drug-likeness (QED) is 0.203. The largest absolute Gasteiger partial charge is 0.508 e. The number of ether oxygens (including phenoxy) is 4. The van der Waals surface area contributed by atoms with E-state index in [1.54, 1.807) is 29.2 Å². The van der Waals surface area contributed by atoms with E-state index in [1.165, 1.54) is 5.56 Å². The monoisotopic (exact) mass is 868 g/mol. The van der Waals surface area contributed by atoms with Crippen molar-refractivity contribution in [1.82, 2.24) is 19.8 Å². The lowest BCUT2D eigenvalue weighted by atomic mass is 9.91. The van der Waals surface area contributed by atoms with Crippen LogP contribution in [0.15, 0.2) is 90.6 Å². The van der Waals surface area contributed by atoms with Crippen LogP contribution in [0.1, 0.15) is 65.8 Å². The molecule has 64 heavy (non-hydrogen) atoms. The molecule has 2 fully saturated rings. The number of carbonyl (C=O) groups excluding carboxylic acids is 3. The first kappa shape index (κ1) is 41.9. The molecule has 2 amide bonds. The second-order valence-electron chi connectivity index (χ2n) is 18.7. The van der Waals surface area contributed by atoms with Crippen LogP contribution in [0.4, 0.5) is 17.1 Å². The molecule has 6 heterocycles. The molecule has 4 aromatic rings. The number of amides is 2. The van der Waals surface area contributed by atoms with E-state index in [2.05, 4.69) is 46.1 Å². The van der Waals surface area contributed by atoms with Crippen molar-refractivity contribution in [2.45, 2.75) is 64.3 Å². The number of phenolic OH excluding ortho intramolecular Hbond substituents is 1. The molecule has 0 saturated carbocycles. The average Bonchev–Trinajstić information content (AvgIpc) is 4.02. The molecular weight excluding hydrogens is 813 g/mol. The fourth-order valence-corrected chi connectivity index (χ4v) is 10.1. The zero-order valence-electron chi connectivity index (χ0n) is 37.0. The van der Waals surface area contributed by atoms with Crippen LogP contribution in [0.3, 0.4) is 0 Å². The summed E-state index contributed by atoms with van der Waals surface area (Å²) in [5.41, 5.74) is 6.68. The molecule has 14 heteroatoms. The van der Waals surface area contributed by atoms with Crippen molar-refractivity contribution < 1.29 is 38.4 Å². The summed E-state index contributed by atoms with van der Waals surface area (Å²) in [7, 11) is 2.06. The van der Waals surface area contributed by atoms with Crippen molar-refractivity contribution in [3.8, 4) is 17.2 Å². The minimum atomic E-state index is -0.691. The number of aromatic hydroxyl groups is 1. The van der Waals surface area contributed by atoms with Gasteiger partial charge >= 0.3 is 5.97 Å². The van der Waals surface area contributed by atoms with E-state index in [4.69, 9.17) is 18.9 Å². The topological polar surface area (TPSA) is 128 Å². The lowest BCUT2D eigenvalue weighted by Gasteiger charge is -2.43. The first-order chi connectivity index (χ1) is 30.9. The second kappa shape index (κ2) is 16.8. The zero-order chi connectivity index (χ0) is 44.3. The van der Waals surface area contributed by atoms with Crippen molar-refractivity contribution in [2.24, 2.45) is 5.92 Å². The number of anilines is 3. The van der Waals surface area contributed by atoms with Gasteiger partial charge < -0.3 is 33.9 Å². The molecule has 0 aliphatic carbocycles. The van der Waals surface area contributed by atoms with Crippen molar-refractivity contribution >= 4 is 34.8 Å². The maximum absolute atomic E-state index is 15.6. The predicted octanol–water partition coefficient (Wildman–Crippen LogP) is 6.20. The van der Waals surface area contributed by atoms with Gasteiger partial charge in [-0.3, -0.25) is 29.2 Å². The molecular formula is C50H56N6O8. The number of benzene rings is 4. The number of esters is 1. The highest BCUT2D eigenvalue weighted by atomic mass is 16.7. The molecule has 4 aromatic carbocycles. The van der Waals surface area contributed by atoms with Gasteiger partial charge in [-0.05, 0) is 123 Å². The van der Waals surface area contributed by atoms with Crippen molar-refractivity contribution in [3.05, 3.63) is 118 Å². The van der Waals surface area contributed by atoms with Gasteiger partial charge in [-0.15, -0.1) is 0 Å². The number of phenols is 1. The molecule has 0 spiro atoms. The van der Waals surface area contributed by atoms with Crippen LogP contribution in [0, 0.1) is 5.92 Å². The highest BCUT2D eigenvalue weighted by Gasteiger charge is 2.46. The fourth-order valence-electron chi connectivity index (χ4n) is 10.1. The number of likely N-dealkylation sites (N-methyl/N-ethyl adjacent to an activating group) is 1. The molecule has 6 aliphatic heterocycles. The summed E-state index contributed by atoms with van der Waals surface area (Å²) in [6, 6.07) is 24.0. The van der Waals surface area contributed by atoms with Crippen LogP contribution in [0.2, 0.25) is 0 Å². The Morgan fingerprint density at radius 3 is 2.36 bits per heavy atom. The smallest absolute Gasteiger partial charge is 0.311 e. The summed E-state index contributed by atoms with van der Waals surface area (Å²) in [5.74, 6) is -0.184. The zero-order valence-corrected chi connectivity index (χ0v) is 37.0. The highest BCUT2D eigenvalue weighted by Crippen LogP contribution is 2.46. The van der Waals surface area contributed by atoms with E-state index in [9.17, 15) is 9.90 Å². The molecule has 2 saturated heterocycles. The summed E-state index contributed by atoms with van der Waals surface area (Å²) in [6.45, 7) is 11.2. The Kier molecular flexibility index (Phi) is 11.0. The maximum Gasteiger partial charge on any atom is 0.311 e. The number of fused-ring (bicyclic) bond motifs is 4. The van der Waals surface area contributed by atoms with Gasteiger partial charge in [-0.25, -0.2) is 5.01 Å². The minimum Gasteiger partial charge on any atom is -0.508 e. The van der Waals surface area contributed by atoms with Crippen LogP contribution < -0.4 is 19.3 Å². The number of hydrogen-bond acceptors (Lipinski definition) is 12. The number of hydrogen-bond donors (Lipinski definition) is 1. The Labute approximate surface area is 374 Å². The first-order valence-corrected chi connectivity index (χ1v) is 22.5. The molecule has 6 aliphatic rings. The number of hydrazine groups is 1. The van der Waals surface area contributed by atoms with Crippen LogP contribution in [-0.4, -0.2) is 121 Å². The number of rotatable bonds is 8. The summed E-state index contributed by atoms with van der Waals surface area (Å²) < 4.78 is 23.5. The predicted molar refractivity (Wildman–Crippen MR) is 240 cm³/mol. The number of morpholine rings is 1. The van der Waals surface area contributed by atoms with Gasteiger partial charge in [0.05, 0.1) is 25.2 Å². The summed E-state index contributed by atoms with van der Waals surface area (Å²) >= 11 is 0. The van der Waals surface area contributed by atoms with Crippen LogP contribution in [-0.2, 0) is 38.4 Å². The van der Waals surface area contributed by atoms with Crippen molar-refractivity contribution in [1.29, 1.82) is 0 Å². The molecule has 1 N–H and O–H groups in total. The van der Waals surface area contributed by atoms with Crippen molar-refractivity contribution in [3.63, 3.8) is 0 Å². The second-order valence-corrected chi connectivity index (χ2v) is 18.7. The normalized spacial score (nSPS) is 21.8. The third-order valence-electron chi connectivity index (χ3n) is 13.3. The summed E-state index contributed by atoms with van der Waals surface area (Å²) in [6.07, 6.45) is 3.98. The lowest BCUT2D eigenvalue weighted by Crippen LogP contribution is -2.52. The Morgan fingerprint density at radius 2 is 1.59 bits per heavy atom. The molecule has 2 unspecified atom stereocenters. The van der Waals surface area contributed by atoms with Crippen LogP contribution in [0.5, 0.6) is 17.2 Å². The van der Waals surface area contributed by atoms with Gasteiger partial charge in [0.2, 0.25) is 6.79 Å². The average molecular weight is 869 g/mol. The van der Waals surface area contributed by atoms with Gasteiger partial charge in [-0.2, -0.15) is 0 Å². The van der Waals surface area contributed by atoms with Gasteiger partial charge in [-0.1, -0.05) is 24.3 Å². The molecule has 3 atom stereocenters. The SMILES string of the molecule is CN1CCc2cc(N(C(=O)C3=CC(c4cc5c(cc4C(=O)N4Cc6ccccc6C[C@H]4CN4CCOCC4)OCO5)N4CCC(C(=O)OC(C)(C)C)CN34)c3ccc(O)cc3)ccc21. The molecule has 10 rings (SSSR count). The van der Waals surface area contributed by atoms with E-state index >= 15 is 9.59 Å². The van der Waals surface area contributed by atoms with Gasteiger partial charge in [0.15, 0.2) is 11.5 Å². The van der Waals surface area contributed by atoms with E-state index in [0.29, 0.717) is 79.0 Å². The summed E-state index contributed by atoms with van der Waals surface area (Å²) in [5, 5.41) is 14.4. The lowest BCUT2D eigenvalue weighted by molar-refractivity contribution is -0.166. The third-order valence-corrected chi connectivity index (χ3v) is 13.3. The maximum atomic E-state index is 15.6. The molecule has 334 valence electrons. The number of carbonyl (C=O) groups is 3. The van der Waals surface area contributed by atoms with E-state index in [0.717, 1.165) is 49.3 Å².